The number of carbonyl (C=O) groups excluding carboxylic acids is 1. The van der Waals surface area contributed by atoms with Gasteiger partial charge in [0.15, 0.2) is 5.69 Å². The van der Waals surface area contributed by atoms with Gasteiger partial charge in [-0.3, -0.25) is 9.59 Å². The van der Waals surface area contributed by atoms with Crippen molar-refractivity contribution in [3.8, 4) is 5.69 Å². The fraction of sp³-hybridized carbons (Fsp3) is 0.154. The Balaban J connectivity index is 2.73. The van der Waals surface area contributed by atoms with Gasteiger partial charge in [-0.25, -0.2) is 4.68 Å². The van der Waals surface area contributed by atoms with E-state index in [1.54, 1.807) is 11.6 Å². The molecule has 0 aliphatic rings. The van der Waals surface area contributed by atoms with Gasteiger partial charge in [0.25, 0.3) is 5.24 Å². The van der Waals surface area contributed by atoms with Gasteiger partial charge < -0.3 is 0 Å². The van der Waals surface area contributed by atoms with Crippen molar-refractivity contribution in [1.29, 1.82) is 0 Å². The van der Waals surface area contributed by atoms with Gasteiger partial charge in [0, 0.05) is 11.8 Å². The Bertz CT molecular complexity index is 677. The monoisotopic (exact) mass is 262 g/mol. The van der Waals surface area contributed by atoms with E-state index in [0.29, 0.717) is 5.69 Å². The Morgan fingerprint density at radius 1 is 1.28 bits per heavy atom. The van der Waals surface area contributed by atoms with Gasteiger partial charge in [0.1, 0.15) is 0 Å². The topological polar surface area (TPSA) is 52.0 Å². The third kappa shape index (κ3) is 2.19. The molecule has 0 fully saturated rings. The highest BCUT2D eigenvalue weighted by molar-refractivity contribution is 6.67. The molecule has 0 N–H and O–H groups in total. The standard InChI is InChI=1S/C13H11ClN2O2/c1-8-5-3-4-6-10(8)16-9(2)7-11(17)12(15-16)13(14)18/h3-7H,1-2H3. The molecule has 1 aromatic carbocycles. The molecule has 4 nitrogen and oxygen atoms in total. The summed E-state index contributed by atoms with van der Waals surface area (Å²) >= 11 is 5.35. The van der Waals surface area contributed by atoms with Crippen molar-refractivity contribution in [2.45, 2.75) is 13.8 Å². The fourth-order valence-electron chi connectivity index (χ4n) is 1.73. The highest BCUT2D eigenvalue weighted by atomic mass is 35.5. The highest BCUT2D eigenvalue weighted by Gasteiger charge is 2.13. The van der Waals surface area contributed by atoms with Gasteiger partial charge in [-0.1, -0.05) is 18.2 Å². The van der Waals surface area contributed by atoms with E-state index in [1.807, 2.05) is 31.2 Å². The lowest BCUT2D eigenvalue weighted by Gasteiger charge is -2.12. The molecule has 0 unspecified atom stereocenters. The minimum Gasteiger partial charge on any atom is -0.287 e. The molecule has 0 bridgehead atoms. The van der Waals surface area contributed by atoms with Crippen LogP contribution in [0.3, 0.4) is 0 Å². The molecule has 0 amide bonds. The molecule has 1 heterocycles. The van der Waals surface area contributed by atoms with Crippen LogP contribution in [0.1, 0.15) is 21.7 Å². The van der Waals surface area contributed by atoms with Crippen molar-refractivity contribution in [2.24, 2.45) is 0 Å². The van der Waals surface area contributed by atoms with Crippen LogP contribution in [0.5, 0.6) is 0 Å². The summed E-state index contributed by atoms with van der Waals surface area (Å²) < 4.78 is 1.55. The number of halogens is 1. The van der Waals surface area contributed by atoms with E-state index in [4.69, 9.17) is 11.6 Å². The quantitative estimate of drug-likeness (QED) is 0.780. The molecule has 0 spiro atoms. The molecular formula is C13H11ClN2O2. The van der Waals surface area contributed by atoms with Crippen LogP contribution in [-0.4, -0.2) is 15.0 Å². The number of nitrogens with zero attached hydrogens (tertiary/aromatic N) is 2. The molecule has 92 valence electrons. The van der Waals surface area contributed by atoms with Gasteiger partial charge in [-0.05, 0) is 37.1 Å². The molecule has 2 rings (SSSR count). The van der Waals surface area contributed by atoms with Gasteiger partial charge in [-0.2, -0.15) is 5.10 Å². The van der Waals surface area contributed by atoms with Crippen molar-refractivity contribution in [3.63, 3.8) is 0 Å². The van der Waals surface area contributed by atoms with Crippen LogP contribution in [0.25, 0.3) is 5.69 Å². The average Bonchev–Trinajstić information content (AvgIpc) is 2.30. The number of rotatable bonds is 2. The molecule has 0 radical (unpaired) electrons. The van der Waals surface area contributed by atoms with Crippen molar-refractivity contribution >= 4 is 16.8 Å². The minimum atomic E-state index is -0.845. The number of hydrogen-bond donors (Lipinski definition) is 0. The summed E-state index contributed by atoms with van der Waals surface area (Å²) in [5.74, 6) is 0. The summed E-state index contributed by atoms with van der Waals surface area (Å²) in [4.78, 5) is 22.7. The summed E-state index contributed by atoms with van der Waals surface area (Å²) in [6, 6.07) is 8.92. The molecule has 1 aromatic heterocycles. The molecule has 2 aromatic rings. The first-order valence-electron chi connectivity index (χ1n) is 5.37. The number of aryl methyl sites for hydroxylation is 2. The van der Waals surface area contributed by atoms with Crippen LogP contribution in [0.4, 0.5) is 0 Å². The minimum absolute atomic E-state index is 0.259. The van der Waals surface area contributed by atoms with Crippen LogP contribution in [0, 0.1) is 13.8 Å². The number of para-hydroxylation sites is 1. The summed E-state index contributed by atoms with van der Waals surface area (Å²) in [5, 5.41) is 3.18. The van der Waals surface area contributed by atoms with E-state index < -0.39 is 10.7 Å². The zero-order chi connectivity index (χ0) is 13.3. The third-order valence-corrected chi connectivity index (χ3v) is 2.82. The second kappa shape index (κ2) is 4.74. The fourth-order valence-corrected chi connectivity index (χ4v) is 1.86. The maximum Gasteiger partial charge on any atom is 0.276 e. The van der Waals surface area contributed by atoms with E-state index >= 15 is 0 Å². The first-order valence-corrected chi connectivity index (χ1v) is 5.75. The first-order chi connectivity index (χ1) is 8.50. The first kappa shape index (κ1) is 12.5. The molecule has 0 aliphatic heterocycles. The van der Waals surface area contributed by atoms with Crippen LogP contribution in [0.2, 0.25) is 0 Å². The lowest BCUT2D eigenvalue weighted by atomic mass is 10.2. The van der Waals surface area contributed by atoms with E-state index in [0.717, 1.165) is 11.3 Å². The van der Waals surface area contributed by atoms with Crippen molar-refractivity contribution in [3.05, 3.63) is 57.5 Å². The SMILES string of the molecule is Cc1ccccc1-n1nc(C(=O)Cl)c(=O)cc1C. The van der Waals surface area contributed by atoms with Crippen molar-refractivity contribution < 1.29 is 4.79 Å². The number of aromatic nitrogens is 2. The largest absolute Gasteiger partial charge is 0.287 e. The van der Waals surface area contributed by atoms with Crippen molar-refractivity contribution in [2.75, 3.05) is 0 Å². The predicted octanol–water partition coefficient (Wildman–Crippen LogP) is 2.23. The normalized spacial score (nSPS) is 10.4. The van der Waals surface area contributed by atoms with Gasteiger partial charge >= 0.3 is 0 Å². The second-order valence-corrected chi connectivity index (χ2v) is 4.31. The maximum absolute atomic E-state index is 11.6. The molecule has 0 saturated carbocycles. The van der Waals surface area contributed by atoms with Crippen LogP contribution in [0.15, 0.2) is 35.1 Å². The smallest absolute Gasteiger partial charge is 0.276 e. The Morgan fingerprint density at radius 2 is 1.94 bits per heavy atom. The summed E-state index contributed by atoms with van der Waals surface area (Å²) in [6.45, 7) is 3.68. The average molecular weight is 263 g/mol. The zero-order valence-electron chi connectivity index (χ0n) is 9.98. The van der Waals surface area contributed by atoms with E-state index in [-0.39, 0.29) is 5.69 Å². The highest BCUT2D eigenvalue weighted by Crippen LogP contribution is 2.13. The lowest BCUT2D eigenvalue weighted by molar-refractivity contribution is 0.107. The third-order valence-electron chi connectivity index (χ3n) is 2.64. The number of carbonyl (C=O) groups is 1. The molecule has 0 aliphatic carbocycles. The number of hydrogen-bond acceptors (Lipinski definition) is 3. The Hall–Kier alpha value is -1.94. The Labute approximate surface area is 109 Å². The molecule has 5 heteroatoms. The summed E-state index contributed by atoms with van der Waals surface area (Å²) in [7, 11) is 0. The lowest BCUT2D eigenvalue weighted by Crippen LogP contribution is -2.21. The molecule has 0 atom stereocenters. The van der Waals surface area contributed by atoms with Gasteiger partial charge in [0.2, 0.25) is 5.43 Å². The zero-order valence-corrected chi connectivity index (χ0v) is 10.7. The second-order valence-electron chi connectivity index (χ2n) is 3.97. The number of benzene rings is 1. The van der Waals surface area contributed by atoms with Crippen LogP contribution >= 0.6 is 11.6 Å². The van der Waals surface area contributed by atoms with Gasteiger partial charge in [-0.15, -0.1) is 0 Å². The summed E-state index contributed by atoms with van der Waals surface area (Å²) in [5.41, 5.74) is 1.73. The van der Waals surface area contributed by atoms with Crippen LogP contribution < -0.4 is 5.43 Å². The van der Waals surface area contributed by atoms with E-state index in [9.17, 15) is 9.59 Å². The molecular weight excluding hydrogens is 252 g/mol. The Morgan fingerprint density at radius 3 is 2.56 bits per heavy atom. The van der Waals surface area contributed by atoms with E-state index in [1.165, 1.54) is 6.07 Å². The molecule has 18 heavy (non-hydrogen) atoms. The van der Waals surface area contributed by atoms with Gasteiger partial charge in [0.05, 0.1) is 5.69 Å². The van der Waals surface area contributed by atoms with Crippen molar-refractivity contribution in [1.82, 2.24) is 9.78 Å². The predicted molar refractivity (Wildman–Crippen MR) is 69.5 cm³/mol. The maximum atomic E-state index is 11.6. The van der Waals surface area contributed by atoms with E-state index in [2.05, 4.69) is 5.10 Å². The molecule has 0 saturated heterocycles. The Kier molecular flexibility index (Phi) is 3.30. The van der Waals surface area contributed by atoms with Crippen LogP contribution in [-0.2, 0) is 0 Å². The summed E-state index contributed by atoms with van der Waals surface area (Å²) in [6.07, 6.45) is 0.